The number of nitrogens with two attached hydrogens (primary N) is 1. The first-order valence-corrected chi connectivity index (χ1v) is 31.6. The highest BCUT2D eigenvalue weighted by molar-refractivity contribution is 6.09. The molecule has 8 heterocycles. The van der Waals surface area contributed by atoms with Crippen molar-refractivity contribution >= 4 is 117 Å². The molecule has 9 rings (SSSR count). The number of rotatable bonds is 32. The van der Waals surface area contributed by atoms with Gasteiger partial charge in [0.05, 0.1) is 34.9 Å². The maximum absolute atomic E-state index is 13.6. The number of likely N-dealkylation sites (N-methyl/N-ethyl adjacent to an activating group) is 1. The molecule has 0 bridgehead atoms. The number of aromatic carboxylic acids is 1. The zero-order valence-electron chi connectivity index (χ0n) is 56.7. The number of carboxylic acids is 1. The average molecular weight is 1400 g/mol. The van der Waals surface area contributed by atoms with Gasteiger partial charge in [0.2, 0.25) is 41.0 Å². The smallest absolute Gasteiger partial charge is 0.352 e. The van der Waals surface area contributed by atoms with Crippen molar-refractivity contribution in [3.8, 4) is 0 Å². The number of nitrogens with zero attached hydrogens (tertiary/aromatic N) is 12. The molecule has 1 aromatic carbocycles. The minimum atomic E-state index is -1.41. The van der Waals surface area contributed by atoms with Crippen molar-refractivity contribution in [2.75, 3.05) is 68.7 Å². The standard InChI is InChI=1S/C65H75N23O14/c1-9-67-52(91)20-36-14-16-37(17-15-36)35-102-54(93)25-69-53(92)34-88-29-41(24-45(88)65(100)101)73-64(99)58-78-50(33-87(58)8)80-59(94)43-22-39(27-82(43)3)71-61(96)55-75-47(30-84(55)5)68-19-11-12-46(89)42-21-38(26-81(42)2)70-63(98)57-77-49(32-86(57)7)79-60(95)44-23-40(28-83(44)4)72-62(97)56-76-48(31-85(56)6)74-51(90)13-10-18-66/h14-17,21-24,26-33,68H,9-13,18-20,25,34-35,66H2,1-8H3,(H,67,91)(H,69,92)(H,70,98)(H,71,96)(H,72,97)(H,73,99)(H,74,90)(H,79,95)(H,80,94)(H,100,101). The van der Waals surface area contributed by atoms with Crippen LogP contribution in [0.25, 0.3) is 0 Å². The molecular formula is C65H75N23O14. The first-order valence-electron chi connectivity index (χ1n) is 31.6. The zero-order chi connectivity index (χ0) is 73.6. The number of benzene rings is 1. The third-order valence-electron chi connectivity index (χ3n) is 15.4. The number of esters is 1. The second-order valence-electron chi connectivity index (χ2n) is 23.5. The van der Waals surface area contributed by atoms with E-state index < -0.39 is 66.4 Å². The number of carbonyl (C=O) groups excluding carboxylic acids is 11. The summed E-state index contributed by atoms with van der Waals surface area (Å²) in [5, 5.41) is 36.7. The van der Waals surface area contributed by atoms with Gasteiger partial charge in [-0.1, -0.05) is 24.3 Å². The minimum absolute atomic E-state index is 0.00687. The van der Waals surface area contributed by atoms with E-state index in [0.29, 0.717) is 55.2 Å². The third-order valence-corrected chi connectivity index (χ3v) is 15.4. The maximum atomic E-state index is 13.6. The Morgan fingerprint density at radius 1 is 0.451 bits per heavy atom. The van der Waals surface area contributed by atoms with E-state index in [1.165, 1.54) is 89.8 Å². The lowest BCUT2D eigenvalue weighted by Gasteiger charge is -2.09. The number of hydrogen-bond donors (Lipinski definition) is 12. The third kappa shape index (κ3) is 18.7. The number of aromatic nitrogens is 12. The summed E-state index contributed by atoms with van der Waals surface area (Å²) in [5.74, 6) is -7.05. The largest absolute Gasteiger partial charge is 0.477 e. The predicted molar refractivity (Wildman–Crippen MR) is 369 cm³/mol. The van der Waals surface area contributed by atoms with E-state index in [4.69, 9.17) is 10.5 Å². The number of anilines is 8. The number of ketones is 1. The second-order valence-corrected chi connectivity index (χ2v) is 23.5. The molecule has 13 N–H and O–H groups in total. The molecule has 9 aromatic rings. The first kappa shape index (κ1) is 73.0. The Morgan fingerprint density at radius 3 is 1.36 bits per heavy atom. The molecule has 9 amide bonds. The quantitative estimate of drug-likeness (QED) is 0.0164. The van der Waals surface area contributed by atoms with E-state index in [1.54, 1.807) is 83.5 Å². The van der Waals surface area contributed by atoms with Crippen LogP contribution in [0.15, 0.2) is 98.1 Å². The van der Waals surface area contributed by atoms with Crippen LogP contribution in [0.4, 0.5) is 46.0 Å². The summed E-state index contributed by atoms with van der Waals surface area (Å²) in [6, 6.07) is 12.4. The summed E-state index contributed by atoms with van der Waals surface area (Å²) >= 11 is 0. The Kier molecular flexibility index (Phi) is 23.2. The molecule has 0 saturated carbocycles. The predicted octanol–water partition coefficient (Wildman–Crippen LogP) is 2.94. The fourth-order valence-corrected chi connectivity index (χ4v) is 10.5. The van der Waals surface area contributed by atoms with E-state index in [2.05, 4.69) is 73.1 Å². The number of hydrogen-bond acceptors (Lipinski definition) is 19. The molecule has 0 aliphatic heterocycles. The Bertz CT molecular complexity index is 4720. The molecule has 0 aliphatic carbocycles. The van der Waals surface area contributed by atoms with Crippen molar-refractivity contribution in [3.05, 3.63) is 155 Å². The van der Waals surface area contributed by atoms with Crippen molar-refractivity contribution in [1.82, 2.24) is 67.1 Å². The monoisotopic (exact) mass is 1400 g/mol. The fourth-order valence-electron chi connectivity index (χ4n) is 10.5. The van der Waals surface area contributed by atoms with E-state index in [0.717, 1.165) is 16.2 Å². The number of carbonyl (C=O) groups is 12. The average Bonchev–Trinajstić information content (AvgIpc) is 1.68. The van der Waals surface area contributed by atoms with Crippen LogP contribution in [-0.4, -0.2) is 159 Å². The normalized spacial score (nSPS) is 11.0. The maximum Gasteiger partial charge on any atom is 0.352 e. The van der Waals surface area contributed by atoms with Crippen LogP contribution < -0.4 is 58.9 Å². The lowest BCUT2D eigenvalue weighted by atomic mass is 10.1. The molecule has 8 aromatic heterocycles. The van der Waals surface area contributed by atoms with Crippen LogP contribution in [-0.2, 0) is 92.8 Å². The Labute approximate surface area is 580 Å². The fraction of sp³-hybridized carbons (Fsp3) is 0.292. The molecule has 534 valence electrons. The summed E-state index contributed by atoms with van der Waals surface area (Å²) < 4.78 is 16.5. The van der Waals surface area contributed by atoms with Gasteiger partial charge in [0.1, 0.15) is 42.6 Å². The van der Waals surface area contributed by atoms with E-state index in [1.807, 2.05) is 6.92 Å². The molecule has 0 radical (unpaired) electrons. The highest BCUT2D eigenvalue weighted by Gasteiger charge is 2.26. The van der Waals surface area contributed by atoms with Gasteiger partial charge in [-0.3, -0.25) is 52.7 Å². The number of imidazole rings is 4. The Morgan fingerprint density at radius 2 is 0.882 bits per heavy atom. The first-order chi connectivity index (χ1) is 48.6. The Hall–Kier alpha value is -13.2. The van der Waals surface area contributed by atoms with Crippen LogP contribution >= 0.6 is 0 Å². The lowest BCUT2D eigenvalue weighted by Crippen LogP contribution is -2.33. The van der Waals surface area contributed by atoms with Gasteiger partial charge in [0, 0.05) is 125 Å². The summed E-state index contributed by atoms with van der Waals surface area (Å²) in [4.78, 5) is 173. The van der Waals surface area contributed by atoms with Gasteiger partial charge in [-0.15, -0.1) is 0 Å². The summed E-state index contributed by atoms with van der Waals surface area (Å²) in [5.41, 5.74) is 7.93. The van der Waals surface area contributed by atoms with Crippen molar-refractivity contribution in [2.45, 2.75) is 52.2 Å². The topological polar surface area (TPSA) is 472 Å². The number of aryl methyl sites for hydroxylation is 7. The molecular weight excluding hydrogens is 1330 g/mol. The van der Waals surface area contributed by atoms with Crippen LogP contribution in [0.1, 0.15) is 128 Å². The second kappa shape index (κ2) is 32.4. The molecule has 37 heteroatoms. The van der Waals surface area contributed by atoms with Gasteiger partial charge in [-0.05, 0) is 61.7 Å². The van der Waals surface area contributed by atoms with Gasteiger partial charge in [-0.2, -0.15) is 0 Å². The van der Waals surface area contributed by atoms with Gasteiger partial charge < -0.3 is 105 Å². The summed E-state index contributed by atoms with van der Waals surface area (Å²) in [7, 11) is 11.1. The van der Waals surface area contributed by atoms with Gasteiger partial charge in [0.15, 0.2) is 23.2 Å². The molecule has 102 heavy (non-hydrogen) atoms. The molecule has 0 fully saturated rings. The van der Waals surface area contributed by atoms with Crippen LogP contribution in [0.3, 0.4) is 0 Å². The van der Waals surface area contributed by atoms with Gasteiger partial charge >= 0.3 is 11.9 Å². The van der Waals surface area contributed by atoms with Crippen molar-refractivity contribution in [2.24, 2.45) is 55.1 Å². The van der Waals surface area contributed by atoms with Gasteiger partial charge in [0.25, 0.3) is 35.4 Å². The van der Waals surface area contributed by atoms with Crippen molar-refractivity contribution < 1.29 is 67.4 Å². The highest BCUT2D eigenvalue weighted by Crippen LogP contribution is 2.23. The highest BCUT2D eigenvalue weighted by atomic mass is 16.5. The summed E-state index contributed by atoms with van der Waals surface area (Å²) in [6.45, 7) is 1.83. The molecule has 0 atom stereocenters. The number of carboxylic acid groups (broad SMARTS) is 1. The number of amides is 9. The molecule has 0 unspecified atom stereocenters. The minimum Gasteiger partial charge on any atom is -0.477 e. The van der Waals surface area contributed by atoms with E-state index >= 15 is 0 Å². The summed E-state index contributed by atoms with van der Waals surface area (Å²) in [6.07, 6.45) is 13.1. The van der Waals surface area contributed by atoms with Crippen molar-refractivity contribution in [1.29, 1.82) is 0 Å². The van der Waals surface area contributed by atoms with Crippen LogP contribution in [0.5, 0.6) is 0 Å². The Balaban J connectivity index is 0.694. The van der Waals surface area contributed by atoms with E-state index in [-0.39, 0.29) is 118 Å². The van der Waals surface area contributed by atoms with E-state index in [9.17, 15) is 62.6 Å². The SMILES string of the molecule is CCNC(=O)Cc1ccc(COC(=O)CNC(=O)Cn2cc(NC(=O)c3nc(NC(=O)c4cc(NC(=O)c5nc(NCCCC(=O)c6cc(NC(=O)c7nc(NC(=O)c8cc(NC(=O)c9nc(NC(=O)CCCN)cn9C)cn8C)cn7C)cn6C)cn5C)cn4C)cn3C)cc2C(=O)O)cc1. The molecule has 0 aliphatic rings. The van der Waals surface area contributed by atoms with Gasteiger partial charge in [-0.25, -0.2) is 24.7 Å². The molecule has 37 nitrogen and oxygen atoms in total. The van der Waals surface area contributed by atoms with Crippen LogP contribution in [0, 0.1) is 0 Å². The molecule has 0 spiro atoms. The number of ether oxygens (including phenoxy) is 1. The van der Waals surface area contributed by atoms with Crippen molar-refractivity contribution in [3.63, 3.8) is 0 Å². The lowest BCUT2D eigenvalue weighted by molar-refractivity contribution is -0.145. The zero-order valence-corrected chi connectivity index (χ0v) is 56.7. The number of Topliss-reactive ketones (excluding diaryl/α,β-unsaturated/α-hetero) is 1. The molecule has 0 saturated heterocycles. The number of nitrogens with one attached hydrogen (secondary N) is 10. The van der Waals surface area contributed by atoms with Crippen LogP contribution in [0.2, 0.25) is 0 Å².